The van der Waals surface area contributed by atoms with Gasteiger partial charge in [0.1, 0.15) is 0 Å². The molecule has 0 radical (unpaired) electrons. The van der Waals surface area contributed by atoms with Crippen molar-refractivity contribution in [1.82, 2.24) is 4.98 Å². The summed E-state index contributed by atoms with van der Waals surface area (Å²) in [6.07, 6.45) is 1.76. The number of aliphatic imine (C=N–C) groups is 1. The molecule has 0 aliphatic carbocycles. The Bertz CT molecular complexity index is 859. The summed E-state index contributed by atoms with van der Waals surface area (Å²) in [5.74, 6) is 1.36. The molecule has 0 amide bonds. The van der Waals surface area contributed by atoms with Crippen LogP contribution in [0.15, 0.2) is 62.5 Å². The summed E-state index contributed by atoms with van der Waals surface area (Å²) in [5, 5.41) is 0. The highest BCUT2D eigenvalue weighted by molar-refractivity contribution is 9.10. The lowest BCUT2D eigenvalue weighted by Gasteiger charge is -2.03. The summed E-state index contributed by atoms with van der Waals surface area (Å²) in [6.45, 7) is 6.03. The summed E-state index contributed by atoms with van der Waals surface area (Å²) < 4.78 is 6.96. The summed E-state index contributed by atoms with van der Waals surface area (Å²) in [7, 11) is 0. The maximum absolute atomic E-state index is 5.92. The van der Waals surface area contributed by atoms with E-state index >= 15 is 0 Å². The minimum atomic E-state index is 0.605. The molecule has 0 saturated carbocycles. The molecule has 1 heterocycles. The van der Waals surface area contributed by atoms with Gasteiger partial charge in [-0.25, -0.2) is 4.98 Å². The third kappa shape index (κ3) is 3.59. The highest BCUT2D eigenvalue weighted by Gasteiger charge is 2.10. The second-order valence-corrected chi connectivity index (χ2v) is 6.51. The van der Waals surface area contributed by atoms with Crippen molar-refractivity contribution >= 4 is 27.3 Å². The third-order valence-corrected chi connectivity index (χ3v) is 3.96. The van der Waals surface area contributed by atoms with Crippen LogP contribution in [0.2, 0.25) is 0 Å². The van der Waals surface area contributed by atoms with E-state index in [2.05, 4.69) is 25.9 Å². The van der Waals surface area contributed by atoms with Crippen LogP contribution in [0.4, 0.5) is 5.69 Å². The minimum Gasteiger partial charge on any atom is -0.436 e. The van der Waals surface area contributed by atoms with Gasteiger partial charge in [-0.2, -0.15) is 0 Å². The Kier molecular flexibility index (Phi) is 4.44. The van der Waals surface area contributed by atoms with Crippen LogP contribution in [0.3, 0.4) is 0 Å². The van der Waals surface area contributed by atoms with Crippen LogP contribution < -0.4 is 0 Å². The van der Waals surface area contributed by atoms with Crippen LogP contribution in [0, 0.1) is 6.92 Å². The number of hydrogen-bond acceptors (Lipinski definition) is 3. The number of benzene rings is 2. The van der Waals surface area contributed by atoms with Crippen molar-refractivity contribution in [2.24, 2.45) is 4.99 Å². The number of nitrogens with zero attached hydrogens (tertiary/aromatic N) is 2. The van der Waals surface area contributed by atoms with Gasteiger partial charge < -0.3 is 4.42 Å². The first kappa shape index (κ1) is 15.7. The maximum Gasteiger partial charge on any atom is 0.226 e. The zero-order chi connectivity index (χ0) is 16.4. The molecule has 4 heteroatoms. The summed E-state index contributed by atoms with van der Waals surface area (Å²) >= 11 is 3.44. The largest absolute Gasteiger partial charge is 0.436 e. The maximum atomic E-state index is 5.92. The number of hydrogen-bond donors (Lipinski definition) is 0. The number of rotatable bonds is 3. The van der Waals surface area contributed by atoms with Crippen molar-refractivity contribution in [2.45, 2.75) is 20.8 Å². The van der Waals surface area contributed by atoms with Gasteiger partial charge in [-0.15, -0.1) is 0 Å². The van der Waals surface area contributed by atoms with Gasteiger partial charge in [0.2, 0.25) is 5.89 Å². The predicted octanol–water partition coefficient (Wildman–Crippen LogP) is 6.19. The van der Waals surface area contributed by atoms with Crippen molar-refractivity contribution in [3.63, 3.8) is 0 Å². The zero-order valence-corrected chi connectivity index (χ0v) is 14.9. The van der Waals surface area contributed by atoms with Crippen molar-refractivity contribution in [1.29, 1.82) is 0 Å². The number of aryl methyl sites for hydroxylation is 1. The van der Waals surface area contributed by atoms with E-state index in [0.29, 0.717) is 5.89 Å². The smallest absolute Gasteiger partial charge is 0.226 e. The topological polar surface area (TPSA) is 38.4 Å². The lowest BCUT2D eigenvalue weighted by atomic mass is 10.1. The molecular formula is C19H17BrN2O. The second kappa shape index (κ2) is 6.50. The van der Waals surface area contributed by atoms with Crippen LogP contribution in [0.5, 0.6) is 0 Å². The summed E-state index contributed by atoms with van der Waals surface area (Å²) in [5.41, 5.74) is 5.04. The number of oxazole rings is 1. The molecule has 0 aliphatic rings. The molecule has 0 unspecified atom stereocenters. The first-order valence-electron chi connectivity index (χ1n) is 7.37. The lowest BCUT2D eigenvalue weighted by Crippen LogP contribution is -1.83. The molecule has 0 saturated heterocycles. The molecule has 0 bridgehead atoms. The van der Waals surface area contributed by atoms with Gasteiger partial charge in [0, 0.05) is 21.3 Å². The molecule has 0 N–H and O–H groups in total. The van der Waals surface area contributed by atoms with Crippen LogP contribution in [0.25, 0.3) is 22.8 Å². The monoisotopic (exact) mass is 368 g/mol. The van der Waals surface area contributed by atoms with Crippen LogP contribution >= 0.6 is 15.9 Å². The molecule has 0 fully saturated rings. The van der Waals surface area contributed by atoms with Gasteiger partial charge in [0.25, 0.3) is 0 Å². The van der Waals surface area contributed by atoms with Crippen molar-refractivity contribution < 1.29 is 4.42 Å². The molecule has 0 spiro atoms. The van der Waals surface area contributed by atoms with Crippen LogP contribution in [0.1, 0.15) is 19.4 Å². The normalized spacial score (nSPS) is 10.6. The fraction of sp³-hybridized carbons (Fsp3) is 0.158. The van der Waals surface area contributed by atoms with Gasteiger partial charge in [0.05, 0.1) is 11.9 Å². The van der Waals surface area contributed by atoms with Crippen molar-refractivity contribution in [2.75, 3.05) is 0 Å². The second-order valence-electron chi connectivity index (χ2n) is 5.60. The van der Waals surface area contributed by atoms with Crippen molar-refractivity contribution in [3.8, 4) is 22.8 Å². The Morgan fingerprint density at radius 1 is 1.04 bits per heavy atom. The Balaban J connectivity index is 1.97. The zero-order valence-electron chi connectivity index (χ0n) is 13.3. The van der Waals surface area contributed by atoms with E-state index in [1.165, 1.54) is 0 Å². The van der Waals surface area contributed by atoms with Gasteiger partial charge in [-0.3, -0.25) is 4.99 Å². The standard InChI is InChI=1S/C19H17BrN2O/c1-12(2)22-17-10-15(5-4-13(17)3)19-21-11-18(23-19)14-6-8-16(20)9-7-14/h4-11H,1-3H3. The van der Waals surface area contributed by atoms with E-state index in [9.17, 15) is 0 Å². The average Bonchev–Trinajstić information content (AvgIpc) is 2.99. The molecule has 23 heavy (non-hydrogen) atoms. The molecule has 2 aromatic carbocycles. The average molecular weight is 369 g/mol. The van der Waals surface area contributed by atoms with Crippen molar-refractivity contribution in [3.05, 3.63) is 58.7 Å². The highest BCUT2D eigenvalue weighted by atomic mass is 79.9. The summed E-state index contributed by atoms with van der Waals surface area (Å²) in [6, 6.07) is 14.0. The van der Waals surface area contributed by atoms with Crippen LogP contribution in [-0.4, -0.2) is 10.7 Å². The molecule has 116 valence electrons. The highest BCUT2D eigenvalue weighted by Crippen LogP contribution is 2.30. The third-order valence-electron chi connectivity index (χ3n) is 3.43. The minimum absolute atomic E-state index is 0.605. The SMILES string of the molecule is CC(C)=Nc1cc(-c2ncc(-c3ccc(Br)cc3)o2)ccc1C. The van der Waals surface area contributed by atoms with E-state index in [4.69, 9.17) is 4.42 Å². The molecule has 3 rings (SSSR count). The van der Waals surface area contributed by atoms with Gasteiger partial charge in [0.15, 0.2) is 5.76 Å². The van der Waals surface area contributed by atoms with E-state index in [-0.39, 0.29) is 0 Å². The molecular weight excluding hydrogens is 352 g/mol. The van der Waals surface area contributed by atoms with Gasteiger partial charge in [-0.1, -0.05) is 34.1 Å². The predicted molar refractivity (Wildman–Crippen MR) is 98.3 cm³/mol. The quantitative estimate of drug-likeness (QED) is 0.516. The van der Waals surface area contributed by atoms with E-state index in [1.54, 1.807) is 6.20 Å². The van der Waals surface area contributed by atoms with E-state index < -0.39 is 0 Å². The molecule has 0 atom stereocenters. The lowest BCUT2D eigenvalue weighted by molar-refractivity contribution is 0.589. The Labute approximate surface area is 144 Å². The molecule has 3 aromatic rings. The molecule has 3 nitrogen and oxygen atoms in total. The number of aromatic nitrogens is 1. The Morgan fingerprint density at radius 2 is 1.74 bits per heavy atom. The molecule has 0 aliphatic heterocycles. The van der Waals surface area contributed by atoms with Gasteiger partial charge >= 0.3 is 0 Å². The molecule has 1 aromatic heterocycles. The first-order valence-corrected chi connectivity index (χ1v) is 8.17. The fourth-order valence-corrected chi connectivity index (χ4v) is 2.52. The summed E-state index contributed by atoms with van der Waals surface area (Å²) in [4.78, 5) is 8.97. The Morgan fingerprint density at radius 3 is 2.43 bits per heavy atom. The number of halogens is 1. The van der Waals surface area contributed by atoms with Crippen LogP contribution in [-0.2, 0) is 0 Å². The Hall–Kier alpha value is -2.20. The van der Waals surface area contributed by atoms with E-state index in [1.807, 2.05) is 63.2 Å². The van der Waals surface area contributed by atoms with E-state index in [0.717, 1.165) is 38.3 Å². The first-order chi connectivity index (χ1) is 11.0. The fourth-order valence-electron chi connectivity index (χ4n) is 2.26. The van der Waals surface area contributed by atoms with Gasteiger partial charge in [-0.05, 0) is 50.6 Å².